The molecule has 1 rings (SSSR count). The van der Waals surface area contributed by atoms with Gasteiger partial charge in [-0.2, -0.15) is 11.8 Å². The summed E-state index contributed by atoms with van der Waals surface area (Å²) in [5.41, 5.74) is 1.74. The van der Waals surface area contributed by atoms with Crippen molar-refractivity contribution in [3.05, 3.63) is 35.1 Å². The van der Waals surface area contributed by atoms with Crippen LogP contribution in [0.5, 0.6) is 0 Å². The molecule has 1 atom stereocenters. The van der Waals surface area contributed by atoms with Gasteiger partial charge in [-0.3, -0.25) is 0 Å². The first kappa shape index (κ1) is 14.5. The van der Waals surface area contributed by atoms with Gasteiger partial charge in [0.25, 0.3) is 0 Å². The minimum atomic E-state index is -0.114. The molecular weight excluding hydrogens is 233 g/mol. The third-order valence-corrected chi connectivity index (χ3v) is 4.15. The van der Waals surface area contributed by atoms with Gasteiger partial charge in [-0.15, -0.1) is 0 Å². The first-order valence-electron chi connectivity index (χ1n) is 6.05. The summed E-state index contributed by atoms with van der Waals surface area (Å²) in [6.07, 6.45) is 0. The highest BCUT2D eigenvalue weighted by atomic mass is 32.2. The van der Waals surface area contributed by atoms with Gasteiger partial charge >= 0.3 is 0 Å². The molecule has 3 heteroatoms. The molecule has 0 aliphatic carbocycles. The molecular formula is C14H22FNS. The first-order valence-corrected chi connectivity index (χ1v) is 7.21. The predicted octanol–water partition coefficient (Wildman–Crippen LogP) is 3.78. The molecule has 17 heavy (non-hydrogen) atoms. The maximum atomic E-state index is 13.5. The Bertz CT molecular complexity index is 352. The average molecular weight is 255 g/mol. The molecule has 0 aromatic heterocycles. The van der Waals surface area contributed by atoms with Gasteiger partial charge < -0.3 is 5.32 Å². The van der Waals surface area contributed by atoms with Crippen LogP contribution in [0.1, 0.15) is 31.0 Å². The van der Waals surface area contributed by atoms with Gasteiger partial charge in [-0.1, -0.05) is 26.0 Å². The van der Waals surface area contributed by atoms with Crippen LogP contribution in [0.2, 0.25) is 0 Å². The summed E-state index contributed by atoms with van der Waals surface area (Å²) in [4.78, 5) is 0. The van der Waals surface area contributed by atoms with Crippen molar-refractivity contribution in [3.63, 3.8) is 0 Å². The molecule has 0 radical (unpaired) electrons. The summed E-state index contributed by atoms with van der Waals surface area (Å²) in [6, 6.07) is 5.73. The second-order valence-corrected chi connectivity index (χ2v) is 5.86. The predicted molar refractivity (Wildman–Crippen MR) is 75.1 cm³/mol. The van der Waals surface area contributed by atoms with Gasteiger partial charge in [-0.05, 0) is 42.8 Å². The Morgan fingerprint density at radius 1 is 1.29 bits per heavy atom. The number of rotatable bonds is 6. The number of nitrogens with one attached hydrogen (secondary N) is 1. The van der Waals surface area contributed by atoms with E-state index in [1.807, 2.05) is 30.9 Å². The van der Waals surface area contributed by atoms with Crippen molar-refractivity contribution in [1.29, 1.82) is 0 Å². The normalized spacial score (nSPS) is 13.1. The maximum absolute atomic E-state index is 13.5. The number of hydrogen-bond donors (Lipinski definition) is 1. The second-order valence-electron chi connectivity index (χ2n) is 4.78. The molecule has 0 heterocycles. The third-order valence-electron chi connectivity index (χ3n) is 2.68. The Morgan fingerprint density at radius 2 is 2.00 bits per heavy atom. The summed E-state index contributed by atoms with van der Waals surface area (Å²) < 4.78 is 13.5. The summed E-state index contributed by atoms with van der Waals surface area (Å²) >= 11 is 1.91. The fraction of sp³-hybridized carbons (Fsp3) is 0.571. The highest BCUT2D eigenvalue weighted by Crippen LogP contribution is 2.21. The molecule has 0 spiro atoms. The fourth-order valence-electron chi connectivity index (χ4n) is 1.59. The van der Waals surface area contributed by atoms with Crippen LogP contribution in [0.25, 0.3) is 0 Å². The van der Waals surface area contributed by atoms with Crippen molar-refractivity contribution in [3.8, 4) is 0 Å². The number of hydrogen-bond acceptors (Lipinski definition) is 2. The van der Waals surface area contributed by atoms with Gasteiger partial charge in [0.2, 0.25) is 0 Å². The van der Waals surface area contributed by atoms with E-state index in [1.54, 1.807) is 13.0 Å². The summed E-state index contributed by atoms with van der Waals surface area (Å²) in [6.45, 7) is 6.22. The van der Waals surface area contributed by atoms with E-state index in [2.05, 4.69) is 19.2 Å². The lowest BCUT2D eigenvalue weighted by Crippen LogP contribution is -2.19. The Hall–Kier alpha value is -0.540. The molecule has 0 amide bonds. The van der Waals surface area contributed by atoms with E-state index in [0.717, 1.165) is 17.1 Å². The Balaban J connectivity index is 2.62. The molecule has 1 unspecified atom stereocenters. The Kier molecular flexibility index (Phi) is 6.00. The molecule has 0 fully saturated rings. The molecule has 1 aromatic rings. The van der Waals surface area contributed by atoms with Crippen molar-refractivity contribution >= 4 is 11.8 Å². The topological polar surface area (TPSA) is 12.0 Å². The maximum Gasteiger partial charge on any atom is 0.126 e. The van der Waals surface area contributed by atoms with Crippen molar-refractivity contribution in [2.75, 3.05) is 18.6 Å². The van der Waals surface area contributed by atoms with Crippen molar-refractivity contribution in [1.82, 2.24) is 5.32 Å². The second kappa shape index (κ2) is 7.02. The van der Waals surface area contributed by atoms with Crippen LogP contribution in [0, 0.1) is 18.7 Å². The van der Waals surface area contributed by atoms with Gasteiger partial charge in [-0.25, -0.2) is 4.39 Å². The van der Waals surface area contributed by atoms with E-state index < -0.39 is 0 Å². The molecule has 1 nitrogen and oxygen atoms in total. The monoisotopic (exact) mass is 255 g/mol. The van der Waals surface area contributed by atoms with E-state index in [1.165, 1.54) is 0 Å². The van der Waals surface area contributed by atoms with E-state index in [4.69, 9.17) is 0 Å². The van der Waals surface area contributed by atoms with Crippen LogP contribution >= 0.6 is 11.8 Å². The first-order chi connectivity index (χ1) is 8.04. The van der Waals surface area contributed by atoms with Crippen LogP contribution in [-0.2, 0) is 0 Å². The number of benzene rings is 1. The molecule has 0 aliphatic rings. The molecule has 0 aliphatic heterocycles. The van der Waals surface area contributed by atoms with Crippen molar-refractivity contribution < 1.29 is 4.39 Å². The standard InChI is InChI=1S/C14H22FNS/c1-10(2)8-17-9-14(16-4)12-6-5-11(3)13(15)7-12/h5-7,10,14,16H,8-9H2,1-4H3. The number of aryl methyl sites for hydroxylation is 1. The van der Waals surface area contributed by atoms with Crippen molar-refractivity contribution in [2.24, 2.45) is 5.92 Å². The molecule has 96 valence electrons. The minimum absolute atomic E-state index is 0.114. The number of halogens is 1. The number of thioether (sulfide) groups is 1. The van der Waals surface area contributed by atoms with Gasteiger partial charge in [0.05, 0.1) is 0 Å². The Morgan fingerprint density at radius 3 is 2.53 bits per heavy atom. The zero-order chi connectivity index (χ0) is 12.8. The molecule has 0 saturated heterocycles. The minimum Gasteiger partial charge on any atom is -0.312 e. The fourth-order valence-corrected chi connectivity index (χ4v) is 2.80. The average Bonchev–Trinajstić information content (AvgIpc) is 2.28. The molecule has 1 N–H and O–H groups in total. The Labute approximate surface area is 108 Å². The summed E-state index contributed by atoms with van der Waals surface area (Å²) in [7, 11) is 1.93. The molecule has 0 bridgehead atoms. The van der Waals surface area contributed by atoms with Gasteiger partial charge in [0.1, 0.15) is 5.82 Å². The molecule has 1 aromatic carbocycles. The van der Waals surface area contributed by atoms with E-state index in [0.29, 0.717) is 11.5 Å². The quantitative estimate of drug-likeness (QED) is 0.830. The van der Waals surface area contributed by atoms with E-state index in [-0.39, 0.29) is 11.9 Å². The summed E-state index contributed by atoms with van der Waals surface area (Å²) in [5.74, 6) is 2.72. The molecule has 0 saturated carbocycles. The zero-order valence-electron chi connectivity index (χ0n) is 11.1. The zero-order valence-corrected chi connectivity index (χ0v) is 11.9. The lowest BCUT2D eigenvalue weighted by atomic mass is 10.1. The van der Waals surface area contributed by atoms with Crippen LogP contribution in [-0.4, -0.2) is 18.6 Å². The highest BCUT2D eigenvalue weighted by Gasteiger charge is 2.11. The van der Waals surface area contributed by atoms with Crippen LogP contribution < -0.4 is 5.32 Å². The lowest BCUT2D eigenvalue weighted by molar-refractivity contribution is 0.603. The van der Waals surface area contributed by atoms with Crippen LogP contribution in [0.4, 0.5) is 4.39 Å². The van der Waals surface area contributed by atoms with Crippen LogP contribution in [0.3, 0.4) is 0 Å². The van der Waals surface area contributed by atoms with Crippen molar-refractivity contribution in [2.45, 2.75) is 26.8 Å². The largest absolute Gasteiger partial charge is 0.312 e. The van der Waals surface area contributed by atoms with E-state index in [9.17, 15) is 4.39 Å². The summed E-state index contributed by atoms with van der Waals surface area (Å²) in [5, 5.41) is 3.25. The third kappa shape index (κ3) is 4.68. The lowest BCUT2D eigenvalue weighted by Gasteiger charge is -2.17. The SMILES string of the molecule is CNC(CSCC(C)C)c1ccc(C)c(F)c1. The van der Waals surface area contributed by atoms with Gasteiger partial charge in [0, 0.05) is 11.8 Å². The smallest absolute Gasteiger partial charge is 0.126 e. The van der Waals surface area contributed by atoms with E-state index >= 15 is 0 Å². The highest BCUT2D eigenvalue weighted by molar-refractivity contribution is 7.99. The van der Waals surface area contributed by atoms with Gasteiger partial charge in [0.15, 0.2) is 0 Å². The van der Waals surface area contributed by atoms with Crippen LogP contribution in [0.15, 0.2) is 18.2 Å².